The summed E-state index contributed by atoms with van der Waals surface area (Å²) in [7, 11) is 1.01. The first-order chi connectivity index (χ1) is 7.81. The molecule has 9 heteroatoms. The number of aromatic nitrogens is 1. The lowest BCUT2D eigenvalue weighted by Crippen LogP contribution is -2.20. The van der Waals surface area contributed by atoms with E-state index in [1.165, 1.54) is 0 Å². The third kappa shape index (κ3) is 4.13. The Morgan fingerprint density at radius 1 is 1.47 bits per heavy atom. The van der Waals surface area contributed by atoms with Crippen molar-refractivity contribution in [3.8, 4) is 5.75 Å². The van der Waals surface area contributed by atoms with Gasteiger partial charge in [0.15, 0.2) is 5.75 Å². The Labute approximate surface area is 92.3 Å². The van der Waals surface area contributed by atoms with E-state index < -0.39 is 29.8 Å². The average molecular weight is 254 g/mol. The fourth-order valence-corrected chi connectivity index (χ4v) is 0.877. The quantitative estimate of drug-likeness (QED) is 0.649. The van der Waals surface area contributed by atoms with Gasteiger partial charge in [-0.3, -0.25) is 5.32 Å². The molecule has 17 heavy (non-hydrogen) atoms. The monoisotopic (exact) mass is 254 g/mol. The van der Waals surface area contributed by atoms with Crippen LogP contribution in [0.3, 0.4) is 0 Å². The van der Waals surface area contributed by atoms with E-state index in [1.807, 2.05) is 5.32 Å². The van der Waals surface area contributed by atoms with Crippen molar-refractivity contribution in [2.45, 2.75) is 6.36 Å². The number of ether oxygens (including phenoxy) is 2. The first-order valence-corrected chi connectivity index (χ1v) is 4.08. The molecule has 0 radical (unpaired) electrons. The van der Waals surface area contributed by atoms with Gasteiger partial charge in [-0.2, -0.15) is 4.39 Å². The van der Waals surface area contributed by atoms with Crippen LogP contribution in [0.15, 0.2) is 12.3 Å². The topological polar surface area (TPSA) is 60.5 Å². The number of methoxy groups -OCH3 is 1. The van der Waals surface area contributed by atoms with Crippen molar-refractivity contribution in [1.29, 1.82) is 0 Å². The molecule has 1 rings (SSSR count). The van der Waals surface area contributed by atoms with Crippen molar-refractivity contribution in [2.24, 2.45) is 0 Å². The highest BCUT2D eigenvalue weighted by Crippen LogP contribution is 2.30. The summed E-state index contributed by atoms with van der Waals surface area (Å²) in [6.45, 7) is 0. The third-order valence-electron chi connectivity index (χ3n) is 1.48. The van der Waals surface area contributed by atoms with Gasteiger partial charge in [-0.05, 0) is 0 Å². The predicted octanol–water partition coefficient (Wildman–Crippen LogP) is 2.30. The van der Waals surface area contributed by atoms with E-state index >= 15 is 0 Å². The van der Waals surface area contributed by atoms with Crippen LogP contribution in [-0.2, 0) is 4.74 Å². The van der Waals surface area contributed by atoms with E-state index in [-0.39, 0.29) is 0 Å². The van der Waals surface area contributed by atoms with Gasteiger partial charge in [-0.15, -0.1) is 13.2 Å². The largest absolute Gasteiger partial charge is 0.573 e. The number of pyridine rings is 1. The number of halogens is 4. The number of anilines is 1. The summed E-state index contributed by atoms with van der Waals surface area (Å²) in [4.78, 5) is 13.9. The number of nitrogens with zero attached hydrogens (tertiary/aromatic N) is 1. The minimum Gasteiger partial charge on any atom is -0.453 e. The highest BCUT2D eigenvalue weighted by Gasteiger charge is 2.32. The normalized spacial score (nSPS) is 10.9. The van der Waals surface area contributed by atoms with Crippen LogP contribution in [0.5, 0.6) is 5.75 Å². The van der Waals surface area contributed by atoms with Gasteiger partial charge in [0.05, 0.1) is 13.3 Å². The maximum absolute atomic E-state index is 12.6. The Hall–Kier alpha value is -2.06. The highest BCUT2D eigenvalue weighted by molar-refractivity contribution is 5.86. The Kier molecular flexibility index (Phi) is 3.71. The number of rotatable bonds is 2. The van der Waals surface area contributed by atoms with Crippen LogP contribution >= 0.6 is 0 Å². The Balaban J connectivity index is 2.99. The van der Waals surface area contributed by atoms with Crippen LogP contribution in [0, 0.1) is 5.95 Å². The van der Waals surface area contributed by atoms with Crippen LogP contribution in [0.25, 0.3) is 0 Å². The maximum Gasteiger partial charge on any atom is 0.573 e. The van der Waals surface area contributed by atoms with Gasteiger partial charge in [0.25, 0.3) is 0 Å². The van der Waals surface area contributed by atoms with Crippen LogP contribution in [0.1, 0.15) is 0 Å². The van der Waals surface area contributed by atoms with Gasteiger partial charge in [-0.25, -0.2) is 9.78 Å². The molecule has 0 saturated carbocycles. The van der Waals surface area contributed by atoms with Crippen LogP contribution in [0.2, 0.25) is 0 Å². The van der Waals surface area contributed by atoms with Gasteiger partial charge in [0.1, 0.15) is 5.69 Å². The van der Waals surface area contributed by atoms with Gasteiger partial charge >= 0.3 is 12.5 Å². The molecule has 0 unspecified atom stereocenters. The molecule has 5 nitrogen and oxygen atoms in total. The Bertz CT molecular complexity index is 422. The smallest absolute Gasteiger partial charge is 0.453 e. The highest BCUT2D eigenvalue weighted by atomic mass is 19.4. The summed E-state index contributed by atoms with van der Waals surface area (Å²) in [5.74, 6) is -2.10. The van der Waals surface area contributed by atoms with Crippen molar-refractivity contribution in [3.05, 3.63) is 18.2 Å². The fraction of sp³-hybridized carbons (Fsp3) is 0.250. The van der Waals surface area contributed by atoms with Gasteiger partial charge in [0.2, 0.25) is 5.95 Å². The van der Waals surface area contributed by atoms with E-state index in [9.17, 15) is 22.4 Å². The van der Waals surface area contributed by atoms with Crippen LogP contribution in [0.4, 0.5) is 28.0 Å². The molecule has 0 spiro atoms. The van der Waals surface area contributed by atoms with Gasteiger partial charge < -0.3 is 9.47 Å². The molecule has 0 fully saturated rings. The second kappa shape index (κ2) is 4.85. The number of carbonyl (C=O) groups is 1. The molecule has 1 N–H and O–H groups in total. The van der Waals surface area contributed by atoms with Crippen LogP contribution < -0.4 is 10.1 Å². The fourth-order valence-electron chi connectivity index (χ4n) is 0.877. The molecule has 94 valence electrons. The predicted molar refractivity (Wildman–Crippen MR) is 46.9 cm³/mol. The van der Waals surface area contributed by atoms with Gasteiger partial charge in [0, 0.05) is 6.07 Å². The average Bonchev–Trinajstić information content (AvgIpc) is 2.19. The lowest BCUT2D eigenvalue weighted by Gasteiger charge is -2.12. The summed E-state index contributed by atoms with van der Waals surface area (Å²) in [6, 6.07) is 0.388. The lowest BCUT2D eigenvalue weighted by molar-refractivity contribution is -0.274. The molecular weight excluding hydrogens is 248 g/mol. The van der Waals surface area contributed by atoms with Gasteiger partial charge in [-0.1, -0.05) is 0 Å². The van der Waals surface area contributed by atoms with E-state index in [4.69, 9.17) is 0 Å². The number of amides is 1. The number of nitrogens with one attached hydrogen (secondary N) is 1. The standard InChI is InChI=1S/C8H6F4N2O3/c1-16-7(15)14-4-3-13-6(9)2-5(4)17-8(10,11)12/h2-3H,1H3,(H,14,15). The summed E-state index contributed by atoms with van der Waals surface area (Å²) in [5, 5.41) is 1.89. The van der Waals surface area contributed by atoms with Crippen molar-refractivity contribution in [1.82, 2.24) is 4.98 Å². The Morgan fingerprint density at radius 2 is 2.12 bits per heavy atom. The second-order valence-corrected chi connectivity index (χ2v) is 2.67. The first-order valence-electron chi connectivity index (χ1n) is 4.08. The molecule has 1 aromatic heterocycles. The van der Waals surface area contributed by atoms with Crippen molar-refractivity contribution < 1.29 is 31.8 Å². The van der Waals surface area contributed by atoms with E-state index in [2.05, 4.69) is 14.5 Å². The lowest BCUT2D eigenvalue weighted by atomic mass is 10.4. The molecule has 1 aromatic rings. The van der Waals surface area contributed by atoms with Crippen LogP contribution in [-0.4, -0.2) is 24.5 Å². The summed E-state index contributed by atoms with van der Waals surface area (Å²) in [5.41, 5.74) is -0.462. The zero-order valence-corrected chi connectivity index (χ0v) is 8.34. The minimum atomic E-state index is -5.01. The molecule has 0 saturated heterocycles. The number of hydrogen-bond acceptors (Lipinski definition) is 4. The Morgan fingerprint density at radius 3 is 2.65 bits per heavy atom. The minimum absolute atomic E-state index is 0.388. The molecule has 1 amide bonds. The van der Waals surface area contributed by atoms with Crippen molar-refractivity contribution >= 4 is 11.8 Å². The second-order valence-electron chi connectivity index (χ2n) is 2.67. The summed E-state index contributed by atoms with van der Waals surface area (Å²) >= 11 is 0. The van der Waals surface area contributed by atoms with E-state index in [0.29, 0.717) is 12.3 Å². The molecule has 0 atom stereocenters. The van der Waals surface area contributed by atoms with E-state index in [0.717, 1.165) is 7.11 Å². The summed E-state index contributed by atoms with van der Waals surface area (Å²) in [6.07, 6.45) is -5.38. The third-order valence-corrected chi connectivity index (χ3v) is 1.48. The molecule has 0 aromatic carbocycles. The number of carbonyl (C=O) groups excluding carboxylic acids is 1. The number of alkyl halides is 3. The zero-order valence-electron chi connectivity index (χ0n) is 8.34. The molecule has 0 aliphatic heterocycles. The molecule has 0 aliphatic rings. The summed E-state index contributed by atoms with van der Waals surface area (Å²) < 4.78 is 56.2. The number of hydrogen-bond donors (Lipinski definition) is 1. The molecular formula is C8H6F4N2O3. The molecule has 0 bridgehead atoms. The molecule has 0 aliphatic carbocycles. The maximum atomic E-state index is 12.6. The van der Waals surface area contributed by atoms with Crippen molar-refractivity contribution in [3.63, 3.8) is 0 Å². The SMILES string of the molecule is COC(=O)Nc1cnc(F)cc1OC(F)(F)F. The van der Waals surface area contributed by atoms with Crippen molar-refractivity contribution in [2.75, 3.05) is 12.4 Å². The zero-order chi connectivity index (χ0) is 13.1. The first kappa shape index (κ1) is 13.0. The molecule has 1 heterocycles. The van der Waals surface area contributed by atoms with E-state index in [1.54, 1.807) is 0 Å².